The lowest BCUT2D eigenvalue weighted by Crippen LogP contribution is -2.54. The summed E-state index contributed by atoms with van der Waals surface area (Å²) in [6.45, 7) is 8.54. The maximum atomic E-state index is 5.65. The first-order chi connectivity index (χ1) is 8.00. The molecule has 0 saturated carbocycles. The molecule has 4 atom stereocenters. The van der Waals surface area contributed by atoms with Crippen molar-refractivity contribution in [2.24, 2.45) is 0 Å². The molecule has 1 aliphatic rings. The molecule has 1 saturated heterocycles. The first-order valence-electron chi connectivity index (χ1n) is 6.44. The van der Waals surface area contributed by atoms with Crippen molar-refractivity contribution in [2.75, 3.05) is 0 Å². The van der Waals surface area contributed by atoms with Gasteiger partial charge in [-0.05, 0) is 27.7 Å². The molecule has 94 valence electrons. The third-order valence-electron chi connectivity index (χ3n) is 3.30. The second kappa shape index (κ2) is 6.82. The highest BCUT2D eigenvalue weighted by Crippen LogP contribution is 2.12. The zero-order valence-electron chi connectivity index (χ0n) is 11.6. The third kappa shape index (κ3) is 4.92. The number of morpholine rings is 1. The normalized spacial score (nSPS) is 32.5. The first kappa shape index (κ1) is 14.3. The van der Waals surface area contributed by atoms with Crippen LogP contribution in [0.15, 0.2) is 30.3 Å². The van der Waals surface area contributed by atoms with Gasteiger partial charge in [0.2, 0.25) is 0 Å². The second-order valence-corrected chi connectivity index (χ2v) is 4.95. The molecule has 0 amide bonds. The molecule has 1 heterocycles. The van der Waals surface area contributed by atoms with Crippen LogP contribution in [0.1, 0.15) is 27.7 Å². The summed E-state index contributed by atoms with van der Waals surface area (Å²) in [5.74, 6) is 0. The van der Waals surface area contributed by atoms with Crippen LogP contribution >= 0.6 is 0 Å². The van der Waals surface area contributed by atoms with Gasteiger partial charge >= 0.3 is 0 Å². The van der Waals surface area contributed by atoms with E-state index in [1.54, 1.807) is 0 Å². The Morgan fingerprint density at radius 1 is 0.941 bits per heavy atom. The van der Waals surface area contributed by atoms with E-state index in [0.717, 1.165) is 0 Å². The number of hydrogen-bond donors (Lipinski definition) is 1. The van der Waals surface area contributed by atoms with Crippen molar-refractivity contribution in [3.63, 3.8) is 0 Å². The van der Waals surface area contributed by atoms with E-state index in [9.17, 15) is 0 Å². The molecule has 0 aromatic heterocycles. The van der Waals surface area contributed by atoms with Crippen LogP contribution in [0.2, 0.25) is 0 Å². The molecule has 17 heavy (non-hydrogen) atoms. The van der Waals surface area contributed by atoms with Gasteiger partial charge in [0.1, 0.15) is 7.85 Å². The highest BCUT2D eigenvalue weighted by molar-refractivity contribution is 6.32. The van der Waals surface area contributed by atoms with E-state index in [1.807, 2.05) is 18.2 Å². The molecular formula is C14H24BNO. The van der Waals surface area contributed by atoms with Crippen LogP contribution < -0.4 is 10.8 Å². The van der Waals surface area contributed by atoms with Crippen molar-refractivity contribution >= 4 is 13.3 Å². The Bertz CT molecular complexity index is 291. The molecule has 0 bridgehead atoms. The zero-order chi connectivity index (χ0) is 12.8. The zero-order valence-corrected chi connectivity index (χ0v) is 11.6. The summed E-state index contributed by atoms with van der Waals surface area (Å²) in [6.07, 6.45) is 0.706. The fourth-order valence-electron chi connectivity index (χ4n) is 1.79. The van der Waals surface area contributed by atoms with E-state index < -0.39 is 0 Å². The number of hydrogen-bond acceptors (Lipinski definition) is 2. The summed E-state index contributed by atoms with van der Waals surface area (Å²) >= 11 is 0. The predicted molar refractivity (Wildman–Crippen MR) is 76.7 cm³/mol. The van der Waals surface area contributed by atoms with Crippen LogP contribution in [0.3, 0.4) is 0 Å². The van der Waals surface area contributed by atoms with Crippen LogP contribution in [0.25, 0.3) is 0 Å². The van der Waals surface area contributed by atoms with Crippen LogP contribution in [0.4, 0.5) is 0 Å². The highest BCUT2D eigenvalue weighted by atomic mass is 16.5. The van der Waals surface area contributed by atoms with Gasteiger partial charge in [0, 0.05) is 12.1 Å². The molecule has 4 unspecified atom stereocenters. The molecule has 1 aromatic carbocycles. The quantitative estimate of drug-likeness (QED) is 0.678. The predicted octanol–water partition coefficient (Wildman–Crippen LogP) is 1.11. The van der Waals surface area contributed by atoms with E-state index in [1.165, 1.54) is 5.46 Å². The molecule has 1 aliphatic heterocycles. The van der Waals surface area contributed by atoms with E-state index >= 15 is 0 Å². The Kier molecular flexibility index (Phi) is 5.73. The molecule has 0 radical (unpaired) electrons. The maximum absolute atomic E-state index is 5.65. The van der Waals surface area contributed by atoms with E-state index in [4.69, 9.17) is 4.74 Å². The minimum absolute atomic E-state index is 0.353. The summed E-state index contributed by atoms with van der Waals surface area (Å²) in [4.78, 5) is 0. The molecule has 1 aromatic rings. The van der Waals surface area contributed by atoms with Gasteiger partial charge in [-0.2, -0.15) is 0 Å². The lowest BCUT2D eigenvalue weighted by atomic mass is 9.97. The van der Waals surface area contributed by atoms with Crippen LogP contribution in [-0.2, 0) is 4.74 Å². The van der Waals surface area contributed by atoms with E-state index in [0.29, 0.717) is 24.3 Å². The molecule has 2 rings (SSSR count). The molecular weight excluding hydrogens is 209 g/mol. The van der Waals surface area contributed by atoms with E-state index in [2.05, 4.69) is 53.0 Å². The van der Waals surface area contributed by atoms with Gasteiger partial charge in [0.05, 0.1) is 12.2 Å². The average Bonchev–Trinajstić information content (AvgIpc) is 2.28. The fourth-order valence-corrected chi connectivity index (χ4v) is 1.79. The van der Waals surface area contributed by atoms with Crippen molar-refractivity contribution in [1.82, 2.24) is 5.32 Å². The lowest BCUT2D eigenvalue weighted by Gasteiger charge is -2.37. The molecule has 3 heteroatoms. The highest BCUT2D eigenvalue weighted by Gasteiger charge is 2.26. The average molecular weight is 233 g/mol. The van der Waals surface area contributed by atoms with Gasteiger partial charge in [0.25, 0.3) is 0 Å². The Morgan fingerprint density at radius 2 is 1.41 bits per heavy atom. The van der Waals surface area contributed by atoms with Crippen molar-refractivity contribution < 1.29 is 4.74 Å². The SMILES string of the molecule is Bc1ccccc1.CC1NC(C)C(C)OC1C. The van der Waals surface area contributed by atoms with Gasteiger partial charge in [-0.15, -0.1) is 0 Å². The number of nitrogens with one attached hydrogen (secondary N) is 1. The van der Waals surface area contributed by atoms with E-state index in [-0.39, 0.29) is 0 Å². The van der Waals surface area contributed by atoms with Gasteiger partial charge in [-0.3, -0.25) is 0 Å². The minimum Gasteiger partial charge on any atom is -0.372 e. The summed E-state index contributed by atoms with van der Waals surface area (Å²) in [5.41, 5.74) is 1.32. The molecule has 0 spiro atoms. The Morgan fingerprint density at radius 3 is 1.71 bits per heavy atom. The topological polar surface area (TPSA) is 21.3 Å². The lowest BCUT2D eigenvalue weighted by molar-refractivity contribution is -0.0620. The summed E-state index contributed by atoms with van der Waals surface area (Å²) < 4.78 is 5.65. The monoisotopic (exact) mass is 233 g/mol. The Labute approximate surface area is 106 Å². The van der Waals surface area contributed by atoms with Gasteiger partial charge in [-0.25, -0.2) is 0 Å². The Hall–Kier alpha value is -0.795. The van der Waals surface area contributed by atoms with Crippen LogP contribution in [0.5, 0.6) is 0 Å². The van der Waals surface area contributed by atoms with Crippen LogP contribution in [-0.4, -0.2) is 32.1 Å². The number of ether oxygens (including phenoxy) is 1. The van der Waals surface area contributed by atoms with Crippen LogP contribution in [0, 0.1) is 0 Å². The molecule has 2 nitrogen and oxygen atoms in total. The summed E-state index contributed by atoms with van der Waals surface area (Å²) in [5, 5.41) is 3.45. The number of rotatable bonds is 0. The largest absolute Gasteiger partial charge is 0.372 e. The van der Waals surface area contributed by atoms with Crippen molar-refractivity contribution in [3.8, 4) is 0 Å². The molecule has 1 fully saturated rings. The summed E-state index contributed by atoms with van der Waals surface area (Å²) in [6, 6.07) is 11.2. The Balaban J connectivity index is 0.000000181. The maximum Gasteiger partial charge on any atom is 0.139 e. The van der Waals surface area contributed by atoms with Crippen molar-refractivity contribution in [1.29, 1.82) is 0 Å². The molecule has 0 aliphatic carbocycles. The third-order valence-corrected chi connectivity index (χ3v) is 3.30. The fraction of sp³-hybridized carbons (Fsp3) is 0.571. The van der Waals surface area contributed by atoms with Gasteiger partial charge in [-0.1, -0.05) is 35.8 Å². The smallest absolute Gasteiger partial charge is 0.139 e. The first-order valence-corrected chi connectivity index (χ1v) is 6.44. The summed E-state index contributed by atoms with van der Waals surface area (Å²) in [7, 11) is 2.08. The van der Waals surface area contributed by atoms with Crippen molar-refractivity contribution in [3.05, 3.63) is 30.3 Å². The van der Waals surface area contributed by atoms with Gasteiger partial charge < -0.3 is 10.1 Å². The standard InChI is InChI=1S/C8H17NO.C6H7B/c1-5-7(3)10-8(4)6(2)9-5;7-6-4-2-1-3-5-6/h5-9H,1-4H3;1-5H,7H2. The number of benzene rings is 1. The second-order valence-electron chi connectivity index (χ2n) is 4.95. The molecule has 1 N–H and O–H groups in total. The van der Waals surface area contributed by atoms with Gasteiger partial charge in [0.15, 0.2) is 0 Å². The minimum atomic E-state index is 0.353. The van der Waals surface area contributed by atoms with Crippen molar-refractivity contribution in [2.45, 2.75) is 52.0 Å².